The van der Waals surface area contributed by atoms with E-state index in [1.807, 2.05) is 49.7 Å². The maximum absolute atomic E-state index is 5.95. The number of thioether (sulfide) groups is 2. The zero-order valence-corrected chi connectivity index (χ0v) is 16.1. The molecule has 0 saturated heterocycles. The molecule has 0 aliphatic carbocycles. The molecule has 0 saturated carbocycles. The summed E-state index contributed by atoms with van der Waals surface area (Å²) in [7, 11) is 3.53. The second-order valence-electron chi connectivity index (χ2n) is 5.26. The third-order valence-electron chi connectivity index (χ3n) is 3.55. The minimum Gasteiger partial charge on any atom is -0.497 e. The van der Waals surface area contributed by atoms with Gasteiger partial charge in [-0.25, -0.2) is 10.8 Å². The SMILES string of the molecule is COc1cccc(N=C(SC)SCc2c(C)cccc2N(C)N)c1. The molecule has 0 aliphatic heterocycles. The molecule has 4 nitrogen and oxygen atoms in total. The Bertz CT molecular complexity index is 717. The quantitative estimate of drug-likeness (QED) is 0.365. The maximum atomic E-state index is 5.95. The fourth-order valence-electron chi connectivity index (χ4n) is 2.26. The summed E-state index contributed by atoms with van der Waals surface area (Å²) in [4.78, 5) is 4.72. The summed E-state index contributed by atoms with van der Waals surface area (Å²) in [5.74, 6) is 7.59. The van der Waals surface area contributed by atoms with Gasteiger partial charge in [0.15, 0.2) is 0 Å². The molecule has 2 rings (SSSR count). The minimum absolute atomic E-state index is 0.813. The second kappa shape index (κ2) is 9.01. The monoisotopic (exact) mass is 361 g/mol. The van der Waals surface area contributed by atoms with Crippen molar-refractivity contribution >= 4 is 39.3 Å². The van der Waals surface area contributed by atoms with E-state index in [0.717, 1.165) is 27.3 Å². The van der Waals surface area contributed by atoms with Gasteiger partial charge in [0.2, 0.25) is 0 Å². The number of benzene rings is 2. The molecule has 2 aromatic carbocycles. The van der Waals surface area contributed by atoms with Crippen LogP contribution >= 0.6 is 23.5 Å². The normalized spacial score (nSPS) is 11.5. The van der Waals surface area contributed by atoms with Crippen LogP contribution in [0.2, 0.25) is 0 Å². The van der Waals surface area contributed by atoms with Gasteiger partial charge < -0.3 is 9.75 Å². The van der Waals surface area contributed by atoms with Gasteiger partial charge in [-0.2, -0.15) is 0 Å². The van der Waals surface area contributed by atoms with Crippen LogP contribution in [0.3, 0.4) is 0 Å². The lowest BCUT2D eigenvalue weighted by molar-refractivity contribution is 0.415. The number of nitrogens with two attached hydrogens (primary N) is 1. The van der Waals surface area contributed by atoms with Crippen molar-refractivity contribution in [2.45, 2.75) is 12.7 Å². The standard InChI is InChI=1S/C18H23N3OS2/c1-13-7-5-10-17(21(2)19)16(13)12-24-18(23-4)20-14-8-6-9-15(11-14)22-3/h5-11H,12,19H2,1-4H3. The van der Waals surface area contributed by atoms with Gasteiger partial charge >= 0.3 is 0 Å². The maximum Gasteiger partial charge on any atom is 0.130 e. The Morgan fingerprint density at radius 2 is 2.00 bits per heavy atom. The van der Waals surface area contributed by atoms with Gasteiger partial charge in [0.25, 0.3) is 0 Å². The second-order valence-corrected chi connectivity index (χ2v) is 7.27. The van der Waals surface area contributed by atoms with Crippen LogP contribution < -0.4 is 15.6 Å². The Morgan fingerprint density at radius 3 is 2.67 bits per heavy atom. The zero-order chi connectivity index (χ0) is 17.5. The van der Waals surface area contributed by atoms with Crippen LogP contribution in [0.5, 0.6) is 5.75 Å². The highest BCUT2D eigenvalue weighted by Crippen LogP contribution is 2.30. The van der Waals surface area contributed by atoms with E-state index < -0.39 is 0 Å². The van der Waals surface area contributed by atoms with E-state index in [0.29, 0.717) is 0 Å². The van der Waals surface area contributed by atoms with Crippen molar-refractivity contribution in [3.63, 3.8) is 0 Å². The molecule has 0 amide bonds. The van der Waals surface area contributed by atoms with Gasteiger partial charge in [-0.05, 0) is 42.5 Å². The number of aliphatic imine (C=N–C) groups is 1. The lowest BCUT2D eigenvalue weighted by Crippen LogP contribution is -2.26. The molecule has 0 radical (unpaired) electrons. The first-order valence-corrected chi connectivity index (χ1v) is 9.72. The van der Waals surface area contributed by atoms with Gasteiger partial charge in [0, 0.05) is 18.9 Å². The first-order valence-electron chi connectivity index (χ1n) is 7.51. The molecule has 6 heteroatoms. The first kappa shape index (κ1) is 18.7. The molecule has 2 aromatic rings. The molecular weight excluding hydrogens is 338 g/mol. The van der Waals surface area contributed by atoms with Crippen LogP contribution in [-0.4, -0.2) is 24.8 Å². The molecule has 128 valence electrons. The number of ether oxygens (including phenoxy) is 1. The van der Waals surface area contributed by atoms with Crippen LogP contribution in [0.4, 0.5) is 11.4 Å². The largest absolute Gasteiger partial charge is 0.497 e. The number of hydrogen-bond donors (Lipinski definition) is 1. The highest BCUT2D eigenvalue weighted by molar-refractivity contribution is 8.38. The van der Waals surface area contributed by atoms with E-state index in [2.05, 4.69) is 13.0 Å². The van der Waals surface area contributed by atoms with Gasteiger partial charge in [0.05, 0.1) is 18.5 Å². The summed E-state index contributed by atoms with van der Waals surface area (Å²) >= 11 is 3.36. The summed E-state index contributed by atoms with van der Waals surface area (Å²) in [5.41, 5.74) is 4.41. The summed E-state index contributed by atoms with van der Waals surface area (Å²) in [6.07, 6.45) is 2.04. The number of hydrogen-bond acceptors (Lipinski definition) is 6. The van der Waals surface area contributed by atoms with Crippen molar-refractivity contribution in [3.8, 4) is 5.75 Å². The van der Waals surface area contributed by atoms with Crippen LogP contribution in [0.1, 0.15) is 11.1 Å². The average Bonchev–Trinajstić information content (AvgIpc) is 2.59. The van der Waals surface area contributed by atoms with E-state index in [-0.39, 0.29) is 0 Å². The molecule has 0 spiro atoms. The Hall–Kier alpha value is -1.63. The van der Waals surface area contributed by atoms with Gasteiger partial charge in [-0.3, -0.25) is 0 Å². The van der Waals surface area contributed by atoms with Crippen LogP contribution in [0.25, 0.3) is 0 Å². The van der Waals surface area contributed by atoms with Crippen molar-refractivity contribution in [2.75, 3.05) is 25.4 Å². The van der Waals surface area contributed by atoms with Gasteiger partial charge in [0.1, 0.15) is 10.1 Å². The molecule has 0 unspecified atom stereocenters. The molecule has 0 atom stereocenters. The van der Waals surface area contributed by atoms with E-state index in [1.165, 1.54) is 11.1 Å². The van der Waals surface area contributed by atoms with Gasteiger partial charge in [-0.1, -0.05) is 30.0 Å². The Morgan fingerprint density at radius 1 is 1.25 bits per heavy atom. The third-order valence-corrected chi connectivity index (χ3v) is 5.62. The topological polar surface area (TPSA) is 50.8 Å². The summed E-state index contributed by atoms with van der Waals surface area (Å²) in [6.45, 7) is 2.11. The fourth-order valence-corrected chi connectivity index (χ4v) is 3.92. The predicted octanol–water partition coefficient (Wildman–Crippen LogP) is 4.60. The number of rotatable bonds is 5. The highest BCUT2D eigenvalue weighted by Gasteiger charge is 2.10. The molecule has 2 N–H and O–H groups in total. The number of methoxy groups -OCH3 is 1. The Kier molecular flexibility index (Phi) is 7.02. The van der Waals surface area contributed by atoms with E-state index in [4.69, 9.17) is 15.6 Å². The fraction of sp³-hybridized carbons (Fsp3) is 0.278. The minimum atomic E-state index is 0.813. The van der Waals surface area contributed by atoms with Crippen molar-refractivity contribution in [3.05, 3.63) is 53.6 Å². The van der Waals surface area contributed by atoms with Crippen molar-refractivity contribution in [2.24, 2.45) is 10.8 Å². The first-order chi connectivity index (χ1) is 11.5. The van der Waals surface area contributed by atoms with Gasteiger partial charge in [-0.15, -0.1) is 11.8 Å². The summed E-state index contributed by atoms with van der Waals surface area (Å²) in [6, 6.07) is 14.0. The Labute approximate surface area is 152 Å². The third kappa shape index (κ3) is 4.93. The lowest BCUT2D eigenvalue weighted by atomic mass is 10.1. The van der Waals surface area contributed by atoms with E-state index in [1.54, 1.807) is 35.6 Å². The lowest BCUT2D eigenvalue weighted by Gasteiger charge is -2.18. The van der Waals surface area contributed by atoms with Crippen molar-refractivity contribution in [1.82, 2.24) is 0 Å². The molecule has 0 aliphatic rings. The van der Waals surface area contributed by atoms with Crippen molar-refractivity contribution < 1.29 is 4.74 Å². The van der Waals surface area contributed by atoms with Crippen LogP contribution in [0, 0.1) is 6.92 Å². The molecule has 0 heterocycles. The summed E-state index contributed by atoms with van der Waals surface area (Å²) in [5, 5.41) is 1.67. The molecule has 0 fully saturated rings. The number of anilines is 1. The van der Waals surface area contributed by atoms with E-state index >= 15 is 0 Å². The predicted molar refractivity (Wildman–Crippen MR) is 109 cm³/mol. The molecule has 0 bridgehead atoms. The van der Waals surface area contributed by atoms with Crippen molar-refractivity contribution in [1.29, 1.82) is 0 Å². The smallest absolute Gasteiger partial charge is 0.130 e. The Balaban J connectivity index is 2.18. The molecular formula is C18H23N3OS2. The highest BCUT2D eigenvalue weighted by atomic mass is 32.2. The summed E-state index contributed by atoms with van der Waals surface area (Å²) < 4.78 is 6.27. The number of nitrogens with zero attached hydrogens (tertiary/aromatic N) is 2. The number of aryl methyl sites for hydroxylation is 1. The average molecular weight is 362 g/mol. The number of hydrazine groups is 1. The zero-order valence-electron chi connectivity index (χ0n) is 14.4. The van der Waals surface area contributed by atoms with Crippen LogP contribution in [0.15, 0.2) is 47.5 Å². The molecule has 24 heavy (non-hydrogen) atoms. The van der Waals surface area contributed by atoms with Crippen LogP contribution in [-0.2, 0) is 5.75 Å². The molecule has 0 aromatic heterocycles. The van der Waals surface area contributed by atoms with E-state index in [9.17, 15) is 0 Å².